The lowest BCUT2D eigenvalue weighted by atomic mass is 9.93. The fraction of sp³-hybridized carbons (Fsp3) is 0.500. The molecule has 3 heteroatoms. The Labute approximate surface area is 151 Å². The van der Waals surface area contributed by atoms with Gasteiger partial charge in [-0.15, -0.1) is 0 Å². The second-order valence-electron chi connectivity index (χ2n) is 7.31. The Hall–Kier alpha value is -1.87. The minimum atomic E-state index is -0.538. The second-order valence-corrected chi connectivity index (χ2v) is 7.31. The van der Waals surface area contributed by atoms with Crippen molar-refractivity contribution >= 4 is 16.7 Å². The van der Waals surface area contributed by atoms with Gasteiger partial charge in [-0.2, -0.15) is 0 Å². The Morgan fingerprint density at radius 1 is 1.04 bits per heavy atom. The fourth-order valence-corrected chi connectivity index (χ4v) is 3.58. The SMILES string of the molecule is CCCCC(O)c1cccc2cccc(C(=O)N(C(C)C)C(C)C)c12. The van der Waals surface area contributed by atoms with Crippen LogP contribution in [0.25, 0.3) is 10.8 Å². The van der Waals surface area contributed by atoms with E-state index in [9.17, 15) is 9.90 Å². The van der Waals surface area contributed by atoms with Crippen LogP contribution >= 0.6 is 0 Å². The first-order valence-electron chi connectivity index (χ1n) is 9.40. The molecular formula is C22H31NO2. The standard InChI is InChI=1S/C22H31NO2/c1-6-7-14-20(24)18-12-8-10-17-11-9-13-19(21(17)18)22(25)23(15(2)3)16(4)5/h8-13,15-16,20,24H,6-7,14H2,1-5H3. The van der Waals surface area contributed by atoms with Crippen LogP contribution in [0.15, 0.2) is 36.4 Å². The zero-order chi connectivity index (χ0) is 18.6. The normalized spacial score (nSPS) is 12.8. The number of aliphatic hydroxyl groups excluding tert-OH is 1. The molecule has 0 aliphatic heterocycles. The molecule has 0 fully saturated rings. The molecule has 0 radical (unpaired) electrons. The van der Waals surface area contributed by atoms with E-state index in [1.165, 1.54) is 0 Å². The monoisotopic (exact) mass is 341 g/mol. The predicted molar refractivity (Wildman–Crippen MR) is 105 cm³/mol. The molecule has 136 valence electrons. The number of rotatable bonds is 7. The topological polar surface area (TPSA) is 40.5 Å². The highest BCUT2D eigenvalue weighted by atomic mass is 16.3. The maximum absolute atomic E-state index is 13.3. The Morgan fingerprint density at radius 2 is 1.64 bits per heavy atom. The van der Waals surface area contributed by atoms with Gasteiger partial charge in [0.05, 0.1) is 6.10 Å². The van der Waals surface area contributed by atoms with Gasteiger partial charge in [-0.3, -0.25) is 4.79 Å². The molecule has 25 heavy (non-hydrogen) atoms. The van der Waals surface area contributed by atoms with Crippen LogP contribution in [0.4, 0.5) is 0 Å². The van der Waals surface area contributed by atoms with Gasteiger partial charge in [0, 0.05) is 23.0 Å². The van der Waals surface area contributed by atoms with E-state index >= 15 is 0 Å². The molecule has 0 saturated heterocycles. The lowest BCUT2D eigenvalue weighted by molar-refractivity contribution is 0.0645. The van der Waals surface area contributed by atoms with Crippen molar-refractivity contribution in [1.82, 2.24) is 4.90 Å². The molecule has 0 aromatic heterocycles. The first-order chi connectivity index (χ1) is 11.9. The minimum absolute atomic E-state index is 0.0331. The van der Waals surface area contributed by atoms with Crippen LogP contribution in [-0.2, 0) is 0 Å². The third kappa shape index (κ3) is 4.21. The molecule has 3 nitrogen and oxygen atoms in total. The van der Waals surface area contributed by atoms with Gasteiger partial charge < -0.3 is 10.0 Å². The number of carbonyl (C=O) groups excluding carboxylic acids is 1. The van der Waals surface area contributed by atoms with Gasteiger partial charge in [0.2, 0.25) is 0 Å². The molecule has 0 heterocycles. The number of hydrogen-bond donors (Lipinski definition) is 1. The molecule has 0 saturated carbocycles. The van der Waals surface area contributed by atoms with E-state index < -0.39 is 6.10 Å². The molecule has 0 spiro atoms. The minimum Gasteiger partial charge on any atom is -0.388 e. The number of fused-ring (bicyclic) bond motifs is 1. The average Bonchev–Trinajstić information content (AvgIpc) is 2.57. The first-order valence-corrected chi connectivity index (χ1v) is 9.40. The number of hydrogen-bond acceptors (Lipinski definition) is 2. The summed E-state index contributed by atoms with van der Waals surface area (Å²) < 4.78 is 0. The van der Waals surface area contributed by atoms with Gasteiger partial charge in [-0.25, -0.2) is 0 Å². The van der Waals surface area contributed by atoms with Crippen LogP contribution in [-0.4, -0.2) is 28.0 Å². The highest BCUT2D eigenvalue weighted by Gasteiger charge is 2.24. The van der Waals surface area contributed by atoms with Crippen LogP contribution in [0, 0.1) is 0 Å². The summed E-state index contributed by atoms with van der Waals surface area (Å²) in [5.74, 6) is 0.0331. The summed E-state index contributed by atoms with van der Waals surface area (Å²) in [4.78, 5) is 15.2. The Kier molecular flexibility index (Phi) is 6.60. The molecular weight excluding hydrogens is 310 g/mol. The molecule has 0 aliphatic carbocycles. The van der Waals surface area contributed by atoms with Crippen LogP contribution in [0.1, 0.15) is 75.9 Å². The van der Waals surface area contributed by atoms with Gasteiger partial charge in [0.1, 0.15) is 0 Å². The van der Waals surface area contributed by atoms with E-state index in [-0.39, 0.29) is 18.0 Å². The van der Waals surface area contributed by atoms with Gasteiger partial charge in [0.25, 0.3) is 5.91 Å². The predicted octanol–water partition coefficient (Wildman–Crippen LogP) is 5.32. The number of carbonyl (C=O) groups is 1. The molecule has 0 bridgehead atoms. The van der Waals surface area contributed by atoms with Crippen molar-refractivity contribution in [3.05, 3.63) is 47.5 Å². The lowest BCUT2D eigenvalue weighted by Crippen LogP contribution is -2.42. The Bertz CT molecular complexity index is 708. The molecule has 2 aromatic carbocycles. The molecule has 1 unspecified atom stereocenters. The first kappa shape index (κ1) is 19.5. The van der Waals surface area contributed by atoms with Crippen molar-refractivity contribution in [2.24, 2.45) is 0 Å². The smallest absolute Gasteiger partial charge is 0.254 e. The lowest BCUT2D eigenvalue weighted by Gasteiger charge is -2.31. The fourth-order valence-electron chi connectivity index (χ4n) is 3.58. The maximum atomic E-state index is 13.3. The molecule has 1 N–H and O–H groups in total. The van der Waals surface area contributed by atoms with E-state index in [1.807, 2.05) is 69.0 Å². The summed E-state index contributed by atoms with van der Waals surface area (Å²) in [7, 11) is 0. The molecule has 0 aliphatic rings. The van der Waals surface area contributed by atoms with Crippen LogP contribution in [0.3, 0.4) is 0 Å². The highest BCUT2D eigenvalue weighted by molar-refractivity contribution is 6.08. The van der Waals surface area contributed by atoms with Crippen LogP contribution < -0.4 is 0 Å². The zero-order valence-electron chi connectivity index (χ0n) is 16.1. The summed E-state index contributed by atoms with van der Waals surface area (Å²) in [6.07, 6.45) is 2.19. The van der Waals surface area contributed by atoms with E-state index in [0.29, 0.717) is 5.56 Å². The number of benzene rings is 2. The largest absolute Gasteiger partial charge is 0.388 e. The highest BCUT2D eigenvalue weighted by Crippen LogP contribution is 2.31. The third-order valence-electron chi connectivity index (χ3n) is 4.70. The van der Waals surface area contributed by atoms with Crippen LogP contribution in [0.5, 0.6) is 0 Å². The van der Waals surface area contributed by atoms with Crippen molar-refractivity contribution in [2.75, 3.05) is 0 Å². The summed E-state index contributed by atoms with van der Waals surface area (Å²) in [6, 6.07) is 12.0. The Morgan fingerprint density at radius 3 is 2.20 bits per heavy atom. The summed E-state index contributed by atoms with van der Waals surface area (Å²) in [5.41, 5.74) is 1.55. The number of unbranched alkanes of at least 4 members (excludes halogenated alkanes) is 1. The quantitative estimate of drug-likeness (QED) is 0.740. The average molecular weight is 341 g/mol. The summed E-state index contributed by atoms with van der Waals surface area (Å²) in [6.45, 7) is 10.3. The van der Waals surface area contributed by atoms with Gasteiger partial charge in [-0.1, -0.05) is 50.1 Å². The number of nitrogens with zero attached hydrogens (tertiary/aromatic N) is 1. The van der Waals surface area contributed by atoms with E-state index in [2.05, 4.69) is 6.92 Å². The van der Waals surface area contributed by atoms with Crippen molar-refractivity contribution in [2.45, 2.75) is 72.1 Å². The van der Waals surface area contributed by atoms with Gasteiger partial charge in [-0.05, 0) is 51.1 Å². The Balaban J connectivity index is 2.58. The van der Waals surface area contributed by atoms with Crippen molar-refractivity contribution < 1.29 is 9.90 Å². The second kappa shape index (κ2) is 8.48. The summed E-state index contributed by atoms with van der Waals surface area (Å²) >= 11 is 0. The number of amides is 1. The third-order valence-corrected chi connectivity index (χ3v) is 4.70. The molecule has 1 atom stereocenters. The number of aliphatic hydroxyl groups is 1. The molecule has 2 rings (SSSR count). The molecule has 1 amide bonds. The van der Waals surface area contributed by atoms with Gasteiger partial charge >= 0.3 is 0 Å². The van der Waals surface area contributed by atoms with Crippen molar-refractivity contribution in [1.29, 1.82) is 0 Å². The van der Waals surface area contributed by atoms with Crippen molar-refractivity contribution in [3.8, 4) is 0 Å². The van der Waals surface area contributed by atoms with E-state index in [0.717, 1.165) is 35.6 Å². The van der Waals surface area contributed by atoms with E-state index in [1.54, 1.807) is 0 Å². The maximum Gasteiger partial charge on any atom is 0.254 e. The van der Waals surface area contributed by atoms with Crippen molar-refractivity contribution in [3.63, 3.8) is 0 Å². The summed E-state index contributed by atoms with van der Waals surface area (Å²) in [5, 5.41) is 12.6. The van der Waals surface area contributed by atoms with E-state index in [4.69, 9.17) is 0 Å². The van der Waals surface area contributed by atoms with Gasteiger partial charge in [0.15, 0.2) is 0 Å². The van der Waals surface area contributed by atoms with Crippen LogP contribution in [0.2, 0.25) is 0 Å². The zero-order valence-corrected chi connectivity index (χ0v) is 16.1. The molecule has 2 aromatic rings.